The third-order valence-electron chi connectivity index (χ3n) is 1.76. The van der Waals surface area contributed by atoms with Crippen molar-refractivity contribution >= 4 is 24.5 Å². The quantitative estimate of drug-likeness (QED) is 0.685. The Morgan fingerprint density at radius 1 is 1.29 bits per heavy atom. The molecule has 0 spiro atoms. The summed E-state index contributed by atoms with van der Waals surface area (Å²) in [5.41, 5.74) is 7.01. The molecule has 2 N–H and O–H groups in total. The van der Waals surface area contributed by atoms with E-state index >= 15 is 0 Å². The van der Waals surface area contributed by atoms with Crippen LogP contribution in [0.2, 0.25) is 0 Å². The van der Waals surface area contributed by atoms with Gasteiger partial charge in [0.15, 0.2) is 0 Å². The van der Waals surface area contributed by atoms with E-state index in [-0.39, 0.29) is 0 Å². The fourth-order valence-corrected chi connectivity index (χ4v) is 1.58. The molecule has 1 heterocycles. The van der Waals surface area contributed by atoms with Crippen molar-refractivity contribution in [2.75, 3.05) is 4.31 Å². The van der Waals surface area contributed by atoms with Crippen LogP contribution < -0.4 is 10.0 Å². The summed E-state index contributed by atoms with van der Waals surface area (Å²) in [6.07, 6.45) is 0. The lowest BCUT2D eigenvalue weighted by molar-refractivity contribution is 0.257. The first-order chi connectivity index (χ1) is 6.43. The van der Waals surface area contributed by atoms with Gasteiger partial charge in [0.2, 0.25) is 0 Å². The third kappa shape index (κ3) is 1.95. The lowest BCUT2D eigenvalue weighted by Gasteiger charge is -2.16. The highest BCUT2D eigenvalue weighted by Crippen LogP contribution is 2.22. The first kappa shape index (κ1) is 10.8. The monoisotopic (exact) mass is 212 g/mol. The van der Waals surface area contributed by atoms with Gasteiger partial charge in [0.1, 0.15) is 5.82 Å². The Kier molecular flexibility index (Phi) is 2.95. The molecule has 76 valence electrons. The zero-order valence-corrected chi connectivity index (χ0v) is 9.17. The molecule has 1 aromatic rings. The number of nitrogens with two attached hydrogens (primary N) is 1. The van der Waals surface area contributed by atoms with E-state index in [2.05, 4.69) is 22.8 Å². The summed E-state index contributed by atoms with van der Waals surface area (Å²) >= 11 is 3.97. The topological polar surface area (TPSA) is 72.1 Å². The van der Waals surface area contributed by atoms with Gasteiger partial charge in [-0.15, -0.1) is 0 Å². The molecule has 1 rings (SSSR count). The summed E-state index contributed by atoms with van der Waals surface area (Å²) in [7, 11) is 0. The maximum absolute atomic E-state index is 10.9. The number of amides is 2. The van der Waals surface area contributed by atoms with Crippen molar-refractivity contribution in [1.82, 2.24) is 9.97 Å². The summed E-state index contributed by atoms with van der Waals surface area (Å²) in [5.74, 6) is 0.662. The Morgan fingerprint density at radius 3 is 2.07 bits per heavy atom. The number of primary amides is 1. The molecule has 6 heteroatoms. The fraction of sp³-hybridized carbons (Fsp3) is 0.375. The van der Waals surface area contributed by atoms with E-state index in [4.69, 9.17) is 5.73 Å². The van der Waals surface area contributed by atoms with Crippen molar-refractivity contribution in [2.45, 2.75) is 20.8 Å². The van der Waals surface area contributed by atoms with Crippen LogP contribution in [0.1, 0.15) is 17.2 Å². The lowest BCUT2D eigenvalue weighted by atomic mass is 10.3. The summed E-state index contributed by atoms with van der Waals surface area (Å²) in [5, 5.41) is 0. The molecule has 0 aliphatic rings. The Morgan fingerprint density at radius 2 is 1.71 bits per heavy atom. The van der Waals surface area contributed by atoms with Gasteiger partial charge < -0.3 is 5.73 Å². The molecule has 1 aromatic heterocycles. The lowest BCUT2D eigenvalue weighted by Crippen LogP contribution is -2.29. The smallest absolute Gasteiger partial charge is 0.329 e. The fourth-order valence-electron chi connectivity index (χ4n) is 1.29. The molecule has 0 bridgehead atoms. The van der Waals surface area contributed by atoms with Crippen molar-refractivity contribution in [3.8, 4) is 0 Å². The zero-order chi connectivity index (χ0) is 10.9. The Hall–Kier alpha value is -1.30. The maximum atomic E-state index is 10.9. The molecule has 5 nitrogen and oxygen atoms in total. The predicted molar refractivity (Wildman–Crippen MR) is 57.3 cm³/mol. The van der Waals surface area contributed by atoms with Gasteiger partial charge in [-0.2, -0.15) is 0 Å². The average Bonchev–Trinajstić information content (AvgIpc) is 2.01. The summed E-state index contributed by atoms with van der Waals surface area (Å²) in [4.78, 5) is 19.2. The second-order valence-corrected chi connectivity index (χ2v) is 3.34. The number of urea groups is 1. The van der Waals surface area contributed by atoms with Gasteiger partial charge in [-0.3, -0.25) is 0 Å². The first-order valence-corrected chi connectivity index (χ1v) is 4.43. The molecule has 0 aliphatic heterocycles. The highest BCUT2D eigenvalue weighted by atomic mass is 32.1. The standard InChI is InChI=1S/C8H12N4OS/c1-4-7(12(14)8(9)13)5(2)11-6(3)10-4/h14H,1-3H3,(H2,9,13). The number of anilines is 1. The third-order valence-corrected chi connectivity index (χ3v) is 2.16. The van der Waals surface area contributed by atoms with Gasteiger partial charge in [-0.05, 0) is 20.8 Å². The molecule has 0 aliphatic carbocycles. The molecule has 0 fully saturated rings. The van der Waals surface area contributed by atoms with Crippen molar-refractivity contribution in [3.05, 3.63) is 17.2 Å². The number of aromatic nitrogens is 2. The number of rotatable bonds is 1. The van der Waals surface area contributed by atoms with Gasteiger partial charge in [0, 0.05) is 0 Å². The van der Waals surface area contributed by atoms with Crippen LogP contribution in [-0.4, -0.2) is 16.0 Å². The van der Waals surface area contributed by atoms with Crippen LogP contribution in [0.4, 0.5) is 10.5 Å². The van der Waals surface area contributed by atoms with E-state index in [0.717, 1.165) is 4.31 Å². The van der Waals surface area contributed by atoms with Crippen LogP contribution in [-0.2, 0) is 0 Å². The highest BCUT2D eigenvalue weighted by Gasteiger charge is 2.15. The molecule has 0 unspecified atom stereocenters. The van der Waals surface area contributed by atoms with Crippen LogP contribution in [0, 0.1) is 20.8 Å². The minimum absolute atomic E-state index is 0.548. The number of hydrogen-bond donors (Lipinski definition) is 2. The SMILES string of the molecule is Cc1nc(C)c(N(S)C(N)=O)c(C)n1. The molecule has 2 amide bonds. The largest absolute Gasteiger partial charge is 0.350 e. The normalized spacial score (nSPS) is 10.0. The molecular formula is C8H12N4OS. The van der Waals surface area contributed by atoms with Gasteiger partial charge in [0.05, 0.1) is 17.1 Å². The second kappa shape index (κ2) is 3.83. The second-order valence-electron chi connectivity index (χ2n) is 2.94. The van der Waals surface area contributed by atoms with E-state index in [1.165, 1.54) is 0 Å². The highest BCUT2D eigenvalue weighted by molar-refractivity contribution is 7.82. The van der Waals surface area contributed by atoms with Crippen molar-refractivity contribution in [3.63, 3.8) is 0 Å². The van der Waals surface area contributed by atoms with Gasteiger partial charge in [0.25, 0.3) is 0 Å². The molecule has 0 radical (unpaired) electrons. The summed E-state index contributed by atoms with van der Waals surface area (Å²) < 4.78 is 1.05. The van der Waals surface area contributed by atoms with Crippen LogP contribution in [0.5, 0.6) is 0 Å². The maximum Gasteiger partial charge on any atom is 0.329 e. The van der Waals surface area contributed by atoms with E-state index in [1.807, 2.05) is 0 Å². The zero-order valence-electron chi connectivity index (χ0n) is 8.27. The molecule has 0 saturated heterocycles. The van der Waals surface area contributed by atoms with Crippen molar-refractivity contribution in [2.24, 2.45) is 5.73 Å². The van der Waals surface area contributed by atoms with E-state index in [0.29, 0.717) is 22.9 Å². The van der Waals surface area contributed by atoms with Crippen molar-refractivity contribution in [1.29, 1.82) is 0 Å². The van der Waals surface area contributed by atoms with Crippen LogP contribution in [0.3, 0.4) is 0 Å². The Labute approximate surface area is 87.9 Å². The average molecular weight is 212 g/mol. The van der Waals surface area contributed by atoms with E-state index in [9.17, 15) is 4.79 Å². The molecule has 14 heavy (non-hydrogen) atoms. The predicted octanol–water partition coefficient (Wildman–Crippen LogP) is 1.13. The van der Waals surface area contributed by atoms with Gasteiger partial charge in [-0.1, -0.05) is 12.8 Å². The summed E-state index contributed by atoms with van der Waals surface area (Å²) in [6.45, 7) is 5.35. The van der Waals surface area contributed by atoms with Crippen LogP contribution >= 0.6 is 12.8 Å². The molecule has 0 atom stereocenters. The Bertz CT molecular complexity index is 357. The van der Waals surface area contributed by atoms with Crippen LogP contribution in [0.25, 0.3) is 0 Å². The van der Waals surface area contributed by atoms with Crippen molar-refractivity contribution < 1.29 is 4.79 Å². The minimum Gasteiger partial charge on any atom is -0.350 e. The number of nitrogens with zero attached hydrogens (tertiary/aromatic N) is 3. The van der Waals surface area contributed by atoms with Crippen LogP contribution in [0.15, 0.2) is 0 Å². The van der Waals surface area contributed by atoms with Gasteiger partial charge in [-0.25, -0.2) is 19.1 Å². The van der Waals surface area contributed by atoms with Gasteiger partial charge >= 0.3 is 6.03 Å². The molecule has 0 aromatic carbocycles. The number of aryl methyl sites for hydroxylation is 3. The first-order valence-electron chi connectivity index (χ1n) is 4.03. The van der Waals surface area contributed by atoms with E-state index < -0.39 is 6.03 Å². The molecule has 0 saturated carbocycles. The molecular weight excluding hydrogens is 200 g/mol. The number of carbonyl (C=O) groups excluding carboxylic acids is 1. The summed E-state index contributed by atoms with van der Waals surface area (Å²) in [6, 6.07) is -0.646. The van der Waals surface area contributed by atoms with E-state index in [1.54, 1.807) is 20.8 Å². The Balaban J connectivity index is 3.27. The number of hydrogen-bond acceptors (Lipinski definition) is 4. The number of thiol groups is 1. The number of carbonyl (C=O) groups is 1. The minimum atomic E-state index is -0.646.